The summed E-state index contributed by atoms with van der Waals surface area (Å²) >= 11 is 0.327. The third-order valence-corrected chi connectivity index (χ3v) is 17.0. The number of nitrogens with one attached hydrogen (secondary N) is 1. The fourth-order valence-electron chi connectivity index (χ4n) is 4.42. The number of benzene rings is 4. The molecule has 0 aliphatic carbocycles. The van der Waals surface area contributed by atoms with E-state index in [-0.39, 0.29) is 22.5 Å². The first-order valence-corrected chi connectivity index (χ1v) is 19.6. The number of thioether (sulfide) groups is 2. The monoisotopic (exact) mass is 737 g/mol. The van der Waals surface area contributed by atoms with Crippen LogP contribution in [0.1, 0.15) is 36.1 Å². The molecule has 9 heteroatoms. The van der Waals surface area contributed by atoms with E-state index in [9.17, 15) is 4.39 Å². The van der Waals surface area contributed by atoms with Crippen molar-refractivity contribution in [2.24, 2.45) is 0 Å². The van der Waals surface area contributed by atoms with Gasteiger partial charge in [0.25, 0.3) is 0 Å². The summed E-state index contributed by atoms with van der Waals surface area (Å²) < 4.78 is 56.6. The Morgan fingerprint density at radius 2 is 1.44 bits per heavy atom. The van der Waals surface area contributed by atoms with Crippen molar-refractivity contribution >= 4 is 46.4 Å². The van der Waals surface area contributed by atoms with Gasteiger partial charge in [0.1, 0.15) is 0 Å². The molecule has 0 radical (unpaired) electrons. The van der Waals surface area contributed by atoms with Crippen molar-refractivity contribution in [3.8, 4) is 11.5 Å². The molecule has 1 N–H and O–H groups in total. The number of alkyl halides is 2. The molecule has 0 bridgehead atoms. The van der Waals surface area contributed by atoms with Crippen LogP contribution in [-0.4, -0.2) is 21.7 Å². The molecule has 0 spiro atoms. The van der Waals surface area contributed by atoms with E-state index in [4.69, 9.17) is 14.9 Å². The Hall–Kier alpha value is -2.63. The van der Waals surface area contributed by atoms with E-state index in [1.54, 1.807) is 26.4 Å². The Bertz CT molecular complexity index is 1510. The summed E-state index contributed by atoms with van der Waals surface area (Å²) in [6.07, 6.45) is 0. The second-order valence-electron chi connectivity index (χ2n) is 10.5. The second kappa shape index (κ2) is 15.4. The van der Waals surface area contributed by atoms with E-state index in [2.05, 4.69) is 13.8 Å². The molecule has 4 rings (SSSR count). The first-order chi connectivity index (χ1) is 20.6. The average molecular weight is 738 g/mol. The van der Waals surface area contributed by atoms with Gasteiger partial charge < -0.3 is 0 Å². The maximum absolute atomic E-state index is 15.1. The number of ether oxygens (including phenoxy) is 2. The fraction of sp³-hybridized carbons (Fsp3) is 0.265. The van der Waals surface area contributed by atoms with Gasteiger partial charge in [0.05, 0.1) is 0 Å². The quantitative estimate of drug-likeness (QED) is 0.0488. The SMILES string of the molecule is COc1ccc(C(C)(C)CI(Cc2ccc(F)cc2)C(=N)SCc2c(F)cc(SCc3ccccc3)cc2F)cc1OC. The van der Waals surface area contributed by atoms with E-state index in [0.717, 1.165) is 21.1 Å². The van der Waals surface area contributed by atoms with E-state index in [1.807, 2.05) is 48.5 Å². The van der Waals surface area contributed by atoms with Gasteiger partial charge in [-0.15, -0.1) is 0 Å². The van der Waals surface area contributed by atoms with Crippen molar-refractivity contribution in [2.75, 3.05) is 18.6 Å². The summed E-state index contributed by atoms with van der Waals surface area (Å²) in [7, 11) is 3.19. The molecule has 0 aliphatic heterocycles. The molecular formula is C34H35F3INO2S2. The van der Waals surface area contributed by atoms with Crippen molar-refractivity contribution < 1.29 is 22.6 Å². The number of rotatable bonds is 13. The van der Waals surface area contributed by atoms with Gasteiger partial charge >= 0.3 is 263 Å². The van der Waals surface area contributed by atoms with Crippen molar-refractivity contribution in [3.05, 3.63) is 125 Å². The van der Waals surface area contributed by atoms with Gasteiger partial charge in [-0.2, -0.15) is 0 Å². The molecule has 0 amide bonds. The van der Waals surface area contributed by atoms with Gasteiger partial charge in [0.2, 0.25) is 0 Å². The van der Waals surface area contributed by atoms with Crippen LogP contribution in [0.25, 0.3) is 0 Å². The van der Waals surface area contributed by atoms with Crippen LogP contribution in [0.15, 0.2) is 89.8 Å². The summed E-state index contributed by atoms with van der Waals surface area (Å²) in [5.74, 6) is 0.421. The molecule has 3 nitrogen and oxygen atoms in total. The Labute approximate surface area is 267 Å². The molecule has 0 saturated heterocycles. The number of hydrogen-bond donors (Lipinski definition) is 1. The summed E-state index contributed by atoms with van der Waals surface area (Å²) in [6, 6.07) is 24.8. The Morgan fingerprint density at radius 1 is 0.791 bits per heavy atom. The van der Waals surface area contributed by atoms with Crippen LogP contribution in [0.5, 0.6) is 11.5 Å². The van der Waals surface area contributed by atoms with Crippen molar-refractivity contribution in [2.45, 2.75) is 40.1 Å². The molecular weight excluding hydrogens is 702 g/mol. The third-order valence-electron chi connectivity index (χ3n) is 6.84. The van der Waals surface area contributed by atoms with Gasteiger partial charge in [-0.1, -0.05) is 6.07 Å². The molecule has 43 heavy (non-hydrogen) atoms. The standard InChI is InChI=1S/C34H35F3INO2S2/c1-34(2,25-12-15-31(40-3)32(16-25)41-4)22-38(19-23-10-13-26(35)14-11-23)33(39)43-21-28-29(36)17-27(18-30(28)37)42-20-24-8-6-5-7-9-24/h5-18,39H,19-22H2,1-4H3. The van der Waals surface area contributed by atoms with E-state index >= 15 is 8.78 Å². The second-order valence-corrected chi connectivity index (χ2v) is 18.5. The first kappa shape index (κ1) is 33.3. The van der Waals surface area contributed by atoms with Gasteiger partial charge in [-0.3, -0.25) is 0 Å². The predicted molar refractivity (Wildman–Crippen MR) is 183 cm³/mol. The summed E-state index contributed by atoms with van der Waals surface area (Å²) in [5.41, 5.74) is 2.75. The molecule has 0 heterocycles. The van der Waals surface area contributed by atoms with E-state index in [1.165, 1.54) is 47.8 Å². The van der Waals surface area contributed by atoms with Crippen molar-refractivity contribution in [1.82, 2.24) is 0 Å². The summed E-state index contributed by atoms with van der Waals surface area (Å²) in [5, 5.41) is 9.08. The van der Waals surface area contributed by atoms with Crippen LogP contribution in [0.3, 0.4) is 0 Å². The molecule has 0 fully saturated rings. The molecule has 0 aromatic heterocycles. The topological polar surface area (TPSA) is 42.3 Å². The molecule has 0 atom stereocenters. The predicted octanol–water partition coefficient (Wildman–Crippen LogP) is 10.3. The number of methoxy groups -OCH3 is 2. The first-order valence-electron chi connectivity index (χ1n) is 13.5. The molecule has 4 aromatic rings. The maximum atomic E-state index is 15.1. The van der Waals surface area contributed by atoms with Crippen LogP contribution in [0, 0.1) is 22.9 Å². The molecule has 228 valence electrons. The minimum atomic E-state index is -2.26. The van der Waals surface area contributed by atoms with Gasteiger partial charge in [0.15, 0.2) is 0 Å². The molecule has 4 aromatic carbocycles. The van der Waals surface area contributed by atoms with Crippen LogP contribution in [0.2, 0.25) is 0 Å². The molecule has 0 saturated carbocycles. The van der Waals surface area contributed by atoms with Gasteiger partial charge in [0, 0.05) is 0 Å². The third kappa shape index (κ3) is 9.18. The average Bonchev–Trinajstić information content (AvgIpc) is 3.00. The Morgan fingerprint density at radius 3 is 2.07 bits per heavy atom. The number of hydrogen-bond acceptors (Lipinski definition) is 5. The zero-order valence-electron chi connectivity index (χ0n) is 24.6. The summed E-state index contributed by atoms with van der Waals surface area (Å²) in [6.45, 7) is 4.26. The zero-order chi connectivity index (χ0) is 31.0. The van der Waals surface area contributed by atoms with Gasteiger partial charge in [-0.05, 0) is 0 Å². The minimum absolute atomic E-state index is 0.0180. The molecule has 0 aliphatic rings. The molecule has 0 unspecified atom stereocenters. The zero-order valence-corrected chi connectivity index (χ0v) is 28.3. The van der Waals surface area contributed by atoms with Crippen molar-refractivity contribution in [3.63, 3.8) is 0 Å². The van der Waals surface area contributed by atoms with Gasteiger partial charge in [-0.25, -0.2) is 0 Å². The van der Waals surface area contributed by atoms with Crippen LogP contribution in [0.4, 0.5) is 13.2 Å². The Kier molecular flexibility index (Phi) is 11.9. The van der Waals surface area contributed by atoms with E-state index < -0.39 is 31.5 Å². The summed E-state index contributed by atoms with van der Waals surface area (Å²) in [4.78, 5) is 0.532. The van der Waals surface area contributed by atoms with Crippen LogP contribution < -0.4 is 9.47 Å². The Balaban J connectivity index is 1.50. The van der Waals surface area contributed by atoms with E-state index in [0.29, 0.717) is 29.6 Å². The fourth-order valence-corrected chi connectivity index (χ4v) is 13.8. The van der Waals surface area contributed by atoms with Crippen LogP contribution in [-0.2, 0) is 21.3 Å². The normalized spacial score (nSPS) is 11.7. The van der Waals surface area contributed by atoms with Crippen LogP contribution >= 0.6 is 43.3 Å². The number of halogens is 4. The van der Waals surface area contributed by atoms with Crippen molar-refractivity contribution in [1.29, 1.82) is 5.41 Å².